The minimum absolute atomic E-state index is 0.0508. The minimum atomic E-state index is -0.0508. The predicted octanol–water partition coefficient (Wildman–Crippen LogP) is 2.84. The summed E-state index contributed by atoms with van der Waals surface area (Å²) in [5.41, 5.74) is 0.994. The van der Waals surface area contributed by atoms with Crippen molar-refractivity contribution in [1.29, 1.82) is 0 Å². The van der Waals surface area contributed by atoms with Gasteiger partial charge in [-0.05, 0) is 17.7 Å². The number of carbonyl (C=O) groups is 1. The molecule has 4 nitrogen and oxygen atoms in total. The molecule has 0 aliphatic rings. The van der Waals surface area contributed by atoms with Crippen molar-refractivity contribution in [3.8, 4) is 11.5 Å². The maximum Gasteiger partial charge on any atom is 0.161 e. The highest BCUT2D eigenvalue weighted by molar-refractivity contribution is 5.80. The smallest absolute Gasteiger partial charge is 0.161 e. The van der Waals surface area contributed by atoms with Crippen molar-refractivity contribution in [2.24, 2.45) is 5.92 Å². The molecule has 19 heavy (non-hydrogen) atoms. The summed E-state index contributed by atoms with van der Waals surface area (Å²) in [5, 5.41) is 0. The molecule has 0 bridgehead atoms. The summed E-state index contributed by atoms with van der Waals surface area (Å²) in [6.07, 6.45) is 0.556. The molecule has 106 valence electrons. The third-order valence-corrected chi connectivity index (χ3v) is 2.98. The summed E-state index contributed by atoms with van der Waals surface area (Å²) >= 11 is 0. The molecule has 0 unspecified atom stereocenters. The van der Waals surface area contributed by atoms with E-state index in [2.05, 4.69) is 0 Å². The van der Waals surface area contributed by atoms with E-state index in [0.29, 0.717) is 31.1 Å². The van der Waals surface area contributed by atoms with Crippen LogP contribution in [0.3, 0.4) is 0 Å². The minimum Gasteiger partial charge on any atom is -0.493 e. The summed E-state index contributed by atoms with van der Waals surface area (Å²) < 4.78 is 16.0. The van der Waals surface area contributed by atoms with Crippen LogP contribution in [0.4, 0.5) is 0 Å². The molecule has 0 radical (unpaired) electrons. The molecular weight excluding hydrogens is 244 g/mol. The molecule has 4 heteroatoms. The monoisotopic (exact) mass is 266 g/mol. The van der Waals surface area contributed by atoms with Crippen molar-refractivity contribution in [3.63, 3.8) is 0 Å². The Morgan fingerprint density at radius 1 is 1.21 bits per heavy atom. The van der Waals surface area contributed by atoms with Crippen molar-refractivity contribution in [2.75, 3.05) is 20.8 Å². The molecule has 1 rings (SSSR count). The van der Waals surface area contributed by atoms with Crippen LogP contribution >= 0.6 is 0 Å². The SMILES string of the molecule is CCC(=O)[C@H](C)COCc1ccc(OC)c(OC)c1. The Balaban J connectivity index is 2.52. The quantitative estimate of drug-likeness (QED) is 0.725. The fourth-order valence-electron chi connectivity index (χ4n) is 1.77. The lowest BCUT2D eigenvalue weighted by Crippen LogP contribution is -2.16. The van der Waals surface area contributed by atoms with Gasteiger partial charge in [0.1, 0.15) is 5.78 Å². The second-order valence-corrected chi connectivity index (χ2v) is 4.43. The number of hydrogen-bond donors (Lipinski definition) is 0. The Morgan fingerprint density at radius 3 is 2.47 bits per heavy atom. The van der Waals surface area contributed by atoms with Crippen LogP contribution in [0.25, 0.3) is 0 Å². The number of hydrogen-bond acceptors (Lipinski definition) is 4. The summed E-state index contributed by atoms with van der Waals surface area (Å²) in [5.74, 6) is 1.56. The molecule has 0 amide bonds. The number of benzene rings is 1. The number of rotatable bonds is 8. The zero-order valence-corrected chi connectivity index (χ0v) is 12.1. The third kappa shape index (κ3) is 4.56. The molecule has 0 aliphatic carbocycles. The molecule has 1 atom stereocenters. The van der Waals surface area contributed by atoms with Gasteiger partial charge in [0.15, 0.2) is 11.5 Å². The Labute approximate surface area is 114 Å². The van der Waals surface area contributed by atoms with E-state index in [0.717, 1.165) is 5.56 Å². The van der Waals surface area contributed by atoms with Crippen molar-refractivity contribution in [2.45, 2.75) is 26.9 Å². The summed E-state index contributed by atoms with van der Waals surface area (Å²) in [7, 11) is 3.20. The first kappa shape index (κ1) is 15.5. The molecule has 1 aromatic rings. The second kappa shape index (κ2) is 7.79. The largest absolute Gasteiger partial charge is 0.493 e. The summed E-state index contributed by atoms with van der Waals surface area (Å²) in [6.45, 7) is 4.66. The average molecular weight is 266 g/mol. The molecule has 0 saturated carbocycles. The van der Waals surface area contributed by atoms with Crippen molar-refractivity contribution in [3.05, 3.63) is 23.8 Å². The van der Waals surface area contributed by atoms with E-state index in [1.165, 1.54) is 0 Å². The van der Waals surface area contributed by atoms with Crippen LogP contribution in [0.5, 0.6) is 11.5 Å². The zero-order valence-electron chi connectivity index (χ0n) is 12.1. The van der Waals surface area contributed by atoms with Gasteiger partial charge in [-0.25, -0.2) is 0 Å². The number of carbonyl (C=O) groups excluding carboxylic acids is 1. The maximum absolute atomic E-state index is 11.4. The first-order valence-corrected chi connectivity index (χ1v) is 6.43. The van der Waals surface area contributed by atoms with Gasteiger partial charge in [-0.15, -0.1) is 0 Å². The van der Waals surface area contributed by atoms with Gasteiger partial charge >= 0.3 is 0 Å². The van der Waals surface area contributed by atoms with Gasteiger partial charge in [0.05, 0.1) is 27.4 Å². The molecule has 0 fully saturated rings. The van der Waals surface area contributed by atoms with Crippen LogP contribution in [-0.4, -0.2) is 26.6 Å². The van der Waals surface area contributed by atoms with E-state index in [9.17, 15) is 4.79 Å². The fraction of sp³-hybridized carbons (Fsp3) is 0.533. The Bertz CT molecular complexity index is 415. The lowest BCUT2D eigenvalue weighted by molar-refractivity contribution is -0.124. The second-order valence-electron chi connectivity index (χ2n) is 4.43. The van der Waals surface area contributed by atoms with Gasteiger partial charge in [-0.2, -0.15) is 0 Å². The van der Waals surface area contributed by atoms with Gasteiger partial charge in [0, 0.05) is 12.3 Å². The fourth-order valence-corrected chi connectivity index (χ4v) is 1.77. The highest BCUT2D eigenvalue weighted by atomic mass is 16.5. The molecule has 1 aromatic carbocycles. The molecule has 0 N–H and O–H groups in total. The van der Waals surface area contributed by atoms with E-state index in [-0.39, 0.29) is 11.7 Å². The first-order valence-electron chi connectivity index (χ1n) is 6.43. The van der Waals surface area contributed by atoms with Crippen molar-refractivity contribution in [1.82, 2.24) is 0 Å². The lowest BCUT2D eigenvalue weighted by Gasteiger charge is -2.12. The van der Waals surface area contributed by atoms with E-state index < -0.39 is 0 Å². The van der Waals surface area contributed by atoms with Crippen molar-refractivity contribution >= 4 is 5.78 Å². The molecule has 0 spiro atoms. The van der Waals surface area contributed by atoms with E-state index in [1.807, 2.05) is 32.0 Å². The normalized spacial score (nSPS) is 12.0. The number of Topliss-reactive ketones (excluding diaryl/α,β-unsaturated/α-hetero) is 1. The summed E-state index contributed by atoms with van der Waals surface area (Å²) in [4.78, 5) is 11.4. The maximum atomic E-state index is 11.4. The summed E-state index contributed by atoms with van der Waals surface area (Å²) in [6, 6.07) is 5.65. The van der Waals surface area contributed by atoms with Crippen LogP contribution < -0.4 is 9.47 Å². The van der Waals surface area contributed by atoms with Gasteiger partial charge in [0.25, 0.3) is 0 Å². The van der Waals surface area contributed by atoms with Crippen LogP contribution in [0.2, 0.25) is 0 Å². The van der Waals surface area contributed by atoms with Gasteiger partial charge < -0.3 is 14.2 Å². The predicted molar refractivity (Wildman–Crippen MR) is 73.7 cm³/mol. The average Bonchev–Trinajstić information content (AvgIpc) is 2.45. The topological polar surface area (TPSA) is 44.8 Å². The molecule has 0 aliphatic heterocycles. The molecule has 0 aromatic heterocycles. The molecule has 0 saturated heterocycles. The zero-order chi connectivity index (χ0) is 14.3. The van der Waals surface area contributed by atoms with Crippen LogP contribution in [0.1, 0.15) is 25.8 Å². The number of ketones is 1. The number of ether oxygens (including phenoxy) is 3. The Kier molecular flexibility index (Phi) is 6.36. The van der Waals surface area contributed by atoms with Gasteiger partial charge in [-0.1, -0.05) is 19.9 Å². The Morgan fingerprint density at radius 2 is 1.89 bits per heavy atom. The highest BCUT2D eigenvalue weighted by Crippen LogP contribution is 2.27. The number of methoxy groups -OCH3 is 2. The van der Waals surface area contributed by atoms with Crippen LogP contribution in [0, 0.1) is 5.92 Å². The van der Waals surface area contributed by atoms with E-state index >= 15 is 0 Å². The van der Waals surface area contributed by atoms with Crippen molar-refractivity contribution < 1.29 is 19.0 Å². The Hall–Kier alpha value is -1.55. The lowest BCUT2D eigenvalue weighted by atomic mass is 10.1. The standard InChI is InChI=1S/C15H22O4/c1-5-13(16)11(2)9-19-10-12-6-7-14(17-3)15(8-12)18-4/h6-8,11H,5,9-10H2,1-4H3/t11-/m1/s1. The van der Waals surface area contributed by atoms with E-state index in [4.69, 9.17) is 14.2 Å². The third-order valence-electron chi connectivity index (χ3n) is 2.98. The molecular formula is C15H22O4. The van der Waals surface area contributed by atoms with Crippen LogP contribution in [0.15, 0.2) is 18.2 Å². The van der Waals surface area contributed by atoms with Crippen LogP contribution in [-0.2, 0) is 16.1 Å². The first-order chi connectivity index (χ1) is 9.12. The molecule has 0 heterocycles. The van der Waals surface area contributed by atoms with Gasteiger partial charge in [0.2, 0.25) is 0 Å². The van der Waals surface area contributed by atoms with Gasteiger partial charge in [-0.3, -0.25) is 4.79 Å². The van der Waals surface area contributed by atoms with E-state index in [1.54, 1.807) is 14.2 Å². The highest BCUT2D eigenvalue weighted by Gasteiger charge is 2.11.